The molecule has 0 aliphatic heterocycles. The van der Waals surface area contributed by atoms with Gasteiger partial charge in [-0.1, -0.05) is 19.4 Å². The van der Waals surface area contributed by atoms with Crippen LogP contribution in [0, 0.1) is 0 Å². The number of nitrogens with one attached hydrogen (secondary N) is 1. The van der Waals surface area contributed by atoms with E-state index in [0.29, 0.717) is 19.0 Å². The topological polar surface area (TPSA) is 64.1 Å². The fraction of sp³-hybridized carbons (Fsp3) is 0.471. The molecule has 0 aliphatic rings. The molecule has 6 heteroatoms. The van der Waals surface area contributed by atoms with Gasteiger partial charge in [0.25, 0.3) is 0 Å². The molecule has 0 fully saturated rings. The largest absolute Gasteiger partial charge is 0.477 e. The predicted molar refractivity (Wildman–Crippen MR) is 91.6 cm³/mol. The lowest BCUT2D eigenvalue weighted by atomic mass is 9.93. The first-order valence-corrected chi connectivity index (χ1v) is 8.68. The number of rotatable bonds is 8. The number of ether oxygens (including phenoxy) is 1. The molecular formula is C17H23N3O2S. The molecule has 0 saturated carbocycles. The van der Waals surface area contributed by atoms with Crippen molar-refractivity contribution in [1.29, 1.82) is 0 Å². The van der Waals surface area contributed by atoms with E-state index in [0.717, 1.165) is 23.4 Å². The van der Waals surface area contributed by atoms with Crippen LogP contribution in [0.1, 0.15) is 44.2 Å². The zero-order valence-electron chi connectivity index (χ0n) is 13.8. The zero-order valence-corrected chi connectivity index (χ0v) is 14.7. The highest BCUT2D eigenvalue weighted by Crippen LogP contribution is 2.25. The third-order valence-corrected chi connectivity index (χ3v) is 4.66. The fourth-order valence-corrected chi connectivity index (χ4v) is 2.79. The molecule has 0 atom stereocenters. The lowest BCUT2D eigenvalue weighted by Gasteiger charge is -2.21. The Morgan fingerprint density at radius 3 is 2.87 bits per heavy atom. The summed E-state index contributed by atoms with van der Waals surface area (Å²) in [5.74, 6) is 0.532. The van der Waals surface area contributed by atoms with Crippen molar-refractivity contribution in [2.45, 2.75) is 45.6 Å². The zero-order chi connectivity index (χ0) is 16.7. The Bertz CT molecular complexity index is 627. The summed E-state index contributed by atoms with van der Waals surface area (Å²) in [7, 11) is 0. The third-order valence-electron chi connectivity index (χ3n) is 3.56. The minimum Gasteiger partial charge on any atom is -0.477 e. The maximum absolute atomic E-state index is 12.5. The van der Waals surface area contributed by atoms with Gasteiger partial charge in [-0.15, -0.1) is 11.3 Å². The smallest absolute Gasteiger partial charge is 0.232 e. The number of hydrogen-bond donors (Lipinski definition) is 1. The van der Waals surface area contributed by atoms with Gasteiger partial charge in [0.15, 0.2) is 0 Å². The van der Waals surface area contributed by atoms with Gasteiger partial charge in [0, 0.05) is 29.9 Å². The summed E-state index contributed by atoms with van der Waals surface area (Å²) in [5.41, 5.74) is 0.228. The normalized spacial score (nSPS) is 11.3. The number of carbonyl (C=O) groups is 1. The SMILES string of the molecule is CCCCOc1ncccc1CNC(=O)C(C)(C)c1nccs1. The van der Waals surface area contributed by atoms with Crippen LogP contribution < -0.4 is 10.1 Å². The van der Waals surface area contributed by atoms with E-state index >= 15 is 0 Å². The maximum atomic E-state index is 12.5. The fourth-order valence-electron chi connectivity index (χ4n) is 2.03. The second-order valence-corrected chi connectivity index (χ2v) is 6.71. The Balaban J connectivity index is 1.99. The molecule has 0 bridgehead atoms. The first kappa shape index (κ1) is 17.4. The first-order valence-electron chi connectivity index (χ1n) is 7.80. The Kier molecular flexibility index (Phi) is 6.10. The number of thiazole rings is 1. The van der Waals surface area contributed by atoms with Gasteiger partial charge in [-0.2, -0.15) is 0 Å². The van der Waals surface area contributed by atoms with Crippen molar-refractivity contribution in [1.82, 2.24) is 15.3 Å². The number of hydrogen-bond acceptors (Lipinski definition) is 5. The predicted octanol–water partition coefficient (Wildman–Crippen LogP) is 3.31. The van der Waals surface area contributed by atoms with E-state index in [2.05, 4.69) is 22.2 Å². The van der Waals surface area contributed by atoms with E-state index < -0.39 is 5.41 Å². The van der Waals surface area contributed by atoms with Gasteiger partial charge in [-0.25, -0.2) is 9.97 Å². The number of pyridine rings is 1. The minimum atomic E-state index is -0.653. The van der Waals surface area contributed by atoms with Crippen LogP contribution in [0.4, 0.5) is 0 Å². The Labute approximate surface area is 141 Å². The Hall–Kier alpha value is -1.95. The van der Waals surface area contributed by atoms with Gasteiger partial charge in [-0.05, 0) is 26.3 Å². The van der Waals surface area contributed by atoms with Crippen LogP contribution in [0.3, 0.4) is 0 Å². The summed E-state index contributed by atoms with van der Waals surface area (Å²) in [6.07, 6.45) is 5.47. The summed E-state index contributed by atoms with van der Waals surface area (Å²) < 4.78 is 5.70. The van der Waals surface area contributed by atoms with E-state index in [9.17, 15) is 4.79 Å². The van der Waals surface area contributed by atoms with Crippen molar-refractivity contribution in [3.8, 4) is 5.88 Å². The summed E-state index contributed by atoms with van der Waals surface area (Å²) in [4.78, 5) is 21.0. The monoisotopic (exact) mass is 333 g/mol. The van der Waals surface area contributed by atoms with Crippen LogP contribution in [0.25, 0.3) is 0 Å². The molecular weight excluding hydrogens is 310 g/mol. The highest BCUT2D eigenvalue weighted by atomic mass is 32.1. The van der Waals surface area contributed by atoms with Crippen LogP contribution in [-0.2, 0) is 16.8 Å². The molecule has 0 radical (unpaired) electrons. The molecule has 0 spiro atoms. The Morgan fingerprint density at radius 1 is 1.35 bits per heavy atom. The lowest BCUT2D eigenvalue weighted by Crippen LogP contribution is -2.39. The number of nitrogens with zero attached hydrogens (tertiary/aromatic N) is 2. The van der Waals surface area contributed by atoms with E-state index in [1.807, 2.05) is 31.4 Å². The van der Waals surface area contributed by atoms with Crippen molar-refractivity contribution in [3.63, 3.8) is 0 Å². The molecule has 124 valence electrons. The number of unbranched alkanes of at least 4 members (excludes halogenated alkanes) is 1. The van der Waals surface area contributed by atoms with Crippen LogP contribution in [0.2, 0.25) is 0 Å². The molecule has 2 aromatic heterocycles. The molecule has 23 heavy (non-hydrogen) atoms. The van der Waals surface area contributed by atoms with Gasteiger partial charge < -0.3 is 10.1 Å². The van der Waals surface area contributed by atoms with Crippen LogP contribution in [0.15, 0.2) is 29.9 Å². The lowest BCUT2D eigenvalue weighted by molar-refractivity contribution is -0.125. The first-order chi connectivity index (χ1) is 11.1. The van der Waals surface area contributed by atoms with Crippen molar-refractivity contribution < 1.29 is 9.53 Å². The molecule has 2 aromatic rings. The van der Waals surface area contributed by atoms with Crippen molar-refractivity contribution in [2.75, 3.05) is 6.61 Å². The molecule has 0 saturated heterocycles. The highest BCUT2D eigenvalue weighted by Gasteiger charge is 2.32. The standard InChI is InChI=1S/C17H23N3O2S/c1-4-5-10-22-14-13(7-6-8-18-14)12-20-15(21)17(2,3)16-19-9-11-23-16/h6-9,11H,4-5,10,12H2,1-3H3,(H,20,21). The second kappa shape index (κ2) is 8.06. The molecule has 0 unspecified atom stereocenters. The van der Waals surface area contributed by atoms with Gasteiger partial charge in [0.2, 0.25) is 11.8 Å². The van der Waals surface area contributed by atoms with Crippen molar-refractivity contribution >= 4 is 17.2 Å². The summed E-state index contributed by atoms with van der Waals surface area (Å²) in [6.45, 7) is 6.90. The van der Waals surface area contributed by atoms with Gasteiger partial charge in [-0.3, -0.25) is 4.79 Å². The van der Waals surface area contributed by atoms with Crippen LogP contribution in [0.5, 0.6) is 5.88 Å². The molecule has 2 heterocycles. The van der Waals surface area contributed by atoms with Crippen molar-refractivity contribution in [2.24, 2.45) is 0 Å². The summed E-state index contributed by atoms with van der Waals surface area (Å²) >= 11 is 1.49. The van der Waals surface area contributed by atoms with Gasteiger partial charge >= 0.3 is 0 Å². The number of carbonyl (C=O) groups excluding carboxylic acids is 1. The number of amides is 1. The van der Waals surface area contributed by atoms with Gasteiger partial charge in [0.1, 0.15) is 5.01 Å². The van der Waals surface area contributed by atoms with E-state index in [1.54, 1.807) is 12.4 Å². The highest BCUT2D eigenvalue weighted by molar-refractivity contribution is 7.09. The average Bonchev–Trinajstić information content (AvgIpc) is 3.09. The van der Waals surface area contributed by atoms with E-state index in [-0.39, 0.29) is 5.91 Å². The molecule has 1 N–H and O–H groups in total. The van der Waals surface area contributed by atoms with E-state index in [4.69, 9.17) is 4.74 Å². The summed E-state index contributed by atoms with van der Waals surface area (Å²) in [5, 5.41) is 5.65. The third kappa shape index (κ3) is 4.51. The summed E-state index contributed by atoms with van der Waals surface area (Å²) in [6, 6.07) is 3.77. The van der Waals surface area contributed by atoms with Crippen molar-refractivity contribution in [3.05, 3.63) is 40.5 Å². The van der Waals surface area contributed by atoms with E-state index in [1.165, 1.54) is 11.3 Å². The molecule has 0 aliphatic carbocycles. The second-order valence-electron chi connectivity index (χ2n) is 5.81. The molecule has 0 aromatic carbocycles. The van der Waals surface area contributed by atoms with Crippen LogP contribution in [-0.4, -0.2) is 22.5 Å². The molecule has 2 rings (SSSR count). The molecule has 5 nitrogen and oxygen atoms in total. The number of aromatic nitrogens is 2. The Morgan fingerprint density at radius 2 is 2.17 bits per heavy atom. The quantitative estimate of drug-likeness (QED) is 0.753. The van der Waals surface area contributed by atoms with Crippen LogP contribution >= 0.6 is 11.3 Å². The minimum absolute atomic E-state index is 0.0594. The molecule has 1 amide bonds. The maximum Gasteiger partial charge on any atom is 0.232 e. The van der Waals surface area contributed by atoms with Gasteiger partial charge in [0.05, 0.1) is 12.0 Å². The average molecular weight is 333 g/mol.